The number of aromatic nitrogens is 4. The molecule has 2 rings (SSSR count). The maximum atomic E-state index is 6.09. The number of nitrogen functional groups attached to an aromatic ring is 1. The number of hydrogen-bond donors (Lipinski definition) is 1. The molecule has 0 aliphatic rings. The maximum absolute atomic E-state index is 6.09. The van der Waals surface area contributed by atoms with Crippen LogP contribution in [-0.4, -0.2) is 48.1 Å². The fraction of sp³-hybridized carbons (Fsp3) is 0.400. The van der Waals surface area contributed by atoms with Crippen LogP contribution in [0.25, 0.3) is 11.0 Å². The smallest absolute Gasteiger partial charge is 0.228 e. The Hall–Kier alpha value is -1.89. The van der Waals surface area contributed by atoms with Gasteiger partial charge in [-0.05, 0) is 0 Å². The summed E-state index contributed by atoms with van der Waals surface area (Å²) in [5.74, 6) is 1.24. The quantitative estimate of drug-likeness (QED) is 0.805. The minimum atomic E-state index is 0.256. The zero-order chi connectivity index (χ0) is 13.4. The number of anilines is 3. The van der Waals surface area contributed by atoms with Gasteiger partial charge in [-0.2, -0.15) is 15.0 Å². The van der Waals surface area contributed by atoms with Gasteiger partial charge in [0.05, 0.1) is 5.39 Å². The van der Waals surface area contributed by atoms with Gasteiger partial charge in [-0.15, -0.1) is 0 Å². The Balaban J connectivity index is 2.76. The Morgan fingerprint density at radius 2 is 1.39 bits per heavy atom. The molecule has 2 N–H and O–H groups in total. The van der Waals surface area contributed by atoms with Crippen molar-refractivity contribution in [2.45, 2.75) is 0 Å². The summed E-state index contributed by atoms with van der Waals surface area (Å²) in [5.41, 5.74) is 6.31. The van der Waals surface area contributed by atoms with Crippen LogP contribution in [0.5, 0.6) is 0 Å². The molecule has 0 radical (unpaired) electrons. The molecule has 0 saturated heterocycles. The van der Waals surface area contributed by atoms with Crippen molar-refractivity contribution >= 4 is 40.3 Å². The number of nitrogens with zero attached hydrogens (tertiary/aromatic N) is 6. The Bertz CT molecular complexity index is 548. The minimum Gasteiger partial charge on any atom is -0.383 e. The lowest BCUT2D eigenvalue weighted by atomic mass is 10.4. The van der Waals surface area contributed by atoms with E-state index in [-0.39, 0.29) is 11.0 Å². The van der Waals surface area contributed by atoms with E-state index in [0.29, 0.717) is 22.9 Å². The molecule has 0 spiro atoms. The molecule has 8 heteroatoms. The molecular weight excluding hydrogens is 254 g/mol. The molecule has 7 nitrogen and oxygen atoms in total. The highest BCUT2D eigenvalue weighted by atomic mass is 35.5. The molecule has 0 bridgehead atoms. The fourth-order valence-corrected chi connectivity index (χ4v) is 1.65. The van der Waals surface area contributed by atoms with Crippen molar-refractivity contribution in [2.75, 3.05) is 43.7 Å². The predicted molar refractivity (Wildman–Crippen MR) is 73.2 cm³/mol. The van der Waals surface area contributed by atoms with Crippen LogP contribution in [0, 0.1) is 0 Å². The second-order valence-electron chi connectivity index (χ2n) is 4.21. The number of nitrogens with two attached hydrogens (primary N) is 1. The first-order valence-corrected chi connectivity index (χ1v) is 5.63. The average molecular weight is 268 g/mol. The summed E-state index contributed by atoms with van der Waals surface area (Å²) in [4.78, 5) is 20.4. The van der Waals surface area contributed by atoms with Gasteiger partial charge in [0.25, 0.3) is 0 Å². The first-order chi connectivity index (χ1) is 8.40. The predicted octanol–water partition coefficient (Wildman–Crippen LogP) is 0.787. The van der Waals surface area contributed by atoms with Crippen LogP contribution in [0.2, 0.25) is 5.15 Å². The first kappa shape index (κ1) is 12.6. The van der Waals surface area contributed by atoms with Gasteiger partial charge in [0, 0.05) is 28.2 Å². The van der Waals surface area contributed by atoms with Crippen LogP contribution >= 0.6 is 11.6 Å². The van der Waals surface area contributed by atoms with Crippen LogP contribution in [0.3, 0.4) is 0 Å². The van der Waals surface area contributed by atoms with Gasteiger partial charge in [-0.25, -0.2) is 4.98 Å². The van der Waals surface area contributed by atoms with Crippen molar-refractivity contribution in [1.29, 1.82) is 0 Å². The van der Waals surface area contributed by atoms with Crippen LogP contribution in [-0.2, 0) is 0 Å². The van der Waals surface area contributed by atoms with E-state index in [0.717, 1.165) is 0 Å². The molecule has 2 heterocycles. The molecule has 0 unspecified atom stereocenters. The van der Waals surface area contributed by atoms with E-state index in [1.807, 2.05) is 28.2 Å². The average Bonchev–Trinajstić information content (AvgIpc) is 2.27. The van der Waals surface area contributed by atoms with E-state index in [2.05, 4.69) is 19.9 Å². The van der Waals surface area contributed by atoms with E-state index < -0.39 is 0 Å². The largest absolute Gasteiger partial charge is 0.383 e. The summed E-state index contributed by atoms with van der Waals surface area (Å²) in [7, 11) is 7.32. The van der Waals surface area contributed by atoms with Crippen molar-refractivity contribution in [3.63, 3.8) is 0 Å². The maximum Gasteiger partial charge on any atom is 0.228 e. The monoisotopic (exact) mass is 267 g/mol. The number of hydrogen-bond acceptors (Lipinski definition) is 7. The van der Waals surface area contributed by atoms with E-state index in [1.165, 1.54) is 0 Å². The molecular formula is C10H14ClN7. The van der Waals surface area contributed by atoms with E-state index in [1.54, 1.807) is 9.80 Å². The van der Waals surface area contributed by atoms with Crippen LogP contribution in [0.1, 0.15) is 0 Å². The number of rotatable bonds is 2. The molecule has 0 aliphatic carbocycles. The van der Waals surface area contributed by atoms with Crippen LogP contribution in [0.15, 0.2) is 0 Å². The molecule has 0 fully saturated rings. The fourth-order valence-electron chi connectivity index (χ4n) is 1.40. The Morgan fingerprint density at radius 3 is 1.89 bits per heavy atom. The second-order valence-corrected chi connectivity index (χ2v) is 4.57. The molecule has 2 aromatic rings. The van der Waals surface area contributed by atoms with Gasteiger partial charge >= 0.3 is 0 Å². The molecule has 0 saturated carbocycles. The van der Waals surface area contributed by atoms with E-state index in [4.69, 9.17) is 17.3 Å². The van der Waals surface area contributed by atoms with Crippen molar-refractivity contribution < 1.29 is 0 Å². The zero-order valence-corrected chi connectivity index (χ0v) is 11.4. The lowest BCUT2D eigenvalue weighted by Crippen LogP contribution is -2.16. The third kappa shape index (κ3) is 2.08. The lowest BCUT2D eigenvalue weighted by molar-refractivity contribution is 0.984. The Kier molecular flexibility index (Phi) is 3.08. The van der Waals surface area contributed by atoms with Gasteiger partial charge in [-0.3, -0.25) is 0 Å². The van der Waals surface area contributed by atoms with Crippen molar-refractivity contribution in [3.05, 3.63) is 5.15 Å². The highest BCUT2D eigenvalue weighted by Gasteiger charge is 2.14. The highest BCUT2D eigenvalue weighted by Crippen LogP contribution is 2.27. The Morgan fingerprint density at radius 1 is 0.889 bits per heavy atom. The molecule has 0 amide bonds. The summed E-state index contributed by atoms with van der Waals surface area (Å²) in [5, 5.41) is 0.736. The zero-order valence-electron chi connectivity index (χ0n) is 10.6. The lowest BCUT2D eigenvalue weighted by Gasteiger charge is -2.14. The molecule has 18 heavy (non-hydrogen) atoms. The van der Waals surface area contributed by atoms with Gasteiger partial charge in [0.2, 0.25) is 11.9 Å². The Labute approximate surface area is 110 Å². The van der Waals surface area contributed by atoms with Crippen LogP contribution in [0.4, 0.5) is 17.7 Å². The van der Waals surface area contributed by atoms with Crippen LogP contribution < -0.4 is 15.5 Å². The molecule has 0 atom stereocenters. The normalized spacial score (nSPS) is 10.7. The van der Waals surface area contributed by atoms with Gasteiger partial charge in [0.15, 0.2) is 5.65 Å². The summed E-state index contributed by atoms with van der Waals surface area (Å²) >= 11 is 6.09. The molecule has 2 aromatic heterocycles. The van der Waals surface area contributed by atoms with Gasteiger partial charge in [0.1, 0.15) is 11.0 Å². The SMILES string of the molecule is CN(C)c1nc(N)c2c(Cl)nc(N(C)C)nc2n1. The first-order valence-electron chi connectivity index (χ1n) is 5.25. The van der Waals surface area contributed by atoms with Crippen molar-refractivity contribution in [2.24, 2.45) is 0 Å². The van der Waals surface area contributed by atoms with Crippen molar-refractivity contribution in [3.8, 4) is 0 Å². The topological polar surface area (TPSA) is 84.1 Å². The van der Waals surface area contributed by atoms with Crippen molar-refractivity contribution in [1.82, 2.24) is 19.9 Å². The third-order valence-electron chi connectivity index (χ3n) is 2.32. The summed E-state index contributed by atoms with van der Waals surface area (Å²) in [6.45, 7) is 0. The summed E-state index contributed by atoms with van der Waals surface area (Å²) < 4.78 is 0. The summed E-state index contributed by atoms with van der Waals surface area (Å²) in [6, 6.07) is 0. The molecule has 0 aliphatic heterocycles. The summed E-state index contributed by atoms with van der Waals surface area (Å²) in [6.07, 6.45) is 0. The van der Waals surface area contributed by atoms with Gasteiger partial charge in [-0.1, -0.05) is 11.6 Å². The van der Waals surface area contributed by atoms with E-state index >= 15 is 0 Å². The second kappa shape index (κ2) is 4.41. The van der Waals surface area contributed by atoms with Gasteiger partial charge < -0.3 is 15.5 Å². The molecule has 96 valence electrons. The van der Waals surface area contributed by atoms with E-state index in [9.17, 15) is 0 Å². The molecule has 0 aromatic carbocycles. The highest BCUT2D eigenvalue weighted by molar-refractivity contribution is 6.35. The number of fused-ring (bicyclic) bond motifs is 1. The minimum absolute atomic E-state index is 0.256. The standard InChI is InChI=1S/C10H14ClN7/c1-17(2)9-13-6(11)5-7(12)14-10(18(3)4)16-8(5)15-9/h1-4H3,(H2,12,13,14,15,16). The number of halogens is 1. The third-order valence-corrected chi connectivity index (χ3v) is 2.59.